The second-order valence-corrected chi connectivity index (χ2v) is 5.16. The number of aromatic nitrogens is 2. The molecule has 0 atom stereocenters. The fourth-order valence-corrected chi connectivity index (χ4v) is 2.58. The van der Waals surface area contributed by atoms with Gasteiger partial charge in [0.05, 0.1) is 11.1 Å². The first-order chi connectivity index (χ1) is 8.08. The second kappa shape index (κ2) is 4.94. The van der Waals surface area contributed by atoms with Gasteiger partial charge in [-0.2, -0.15) is 5.10 Å². The molecule has 0 N–H and O–H groups in total. The van der Waals surface area contributed by atoms with Crippen LogP contribution < -0.4 is 5.56 Å². The number of hydrogen-bond donors (Lipinski definition) is 0. The summed E-state index contributed by atoms with van der Waals surface area (Å²) >= 11 is 7.44. The lowest BCUT2D eigenvalue weighted by Crippen LogP contribution is -2.19. The van der Waals surface area contributed by atoms with E-state index in [4.69, 9.17) is 11.6 Å². The maximum Gasteiger partial charge on any atom is 0.286 e. The van der Waals surface area contributed by atoms with E-state index in [1.807, 2.05) is 31.2 Å². The summed E-state index contributed by atoms with van der Waals surface area (Å²) in [5.41, 5.74) is 0.896. The Morgan fingerprint density at radius 2 is 2.18 bits per heavy atom. The van der Waals surface area contributed by atoms with E-state index in [1.54, 1.807) is 13.2 Å². The minimum absolute atomic E-state index is 0.217. The zero-order valence-corrected chi connectivity index (χ0v) is 11.0. The van der Waals surface area contributed by atoms with Gasteiger partial charge in [0.15, 0.2) is 0 Å². The maximum atomic E-state index is 11.6. The van der Waals surface area contributed by atoms with Crippen molar-refractivity contribution >= 4 is 23.4 Å². The summed E-state index contributed by atoms with van der Waals surface area (Å²) in [6.45, 7) is 2.02. The molecule has 5 heteroatoms. The van der Waals surface area contributed by atoms with Crippen LogP contribution >= 0.6 is 23.4 Å². The Kier molecular flexibility index (Phi) is 3.54. The highest BCUT2D eigenvalue weighted by Crippen LogP contribution is 2.30. The molecule has 1 aromatic carbocycles. The van der Waals surface area contributed by atoms with Crippen LogP contribution in [0, 0.1) is 6.92 Å². The average Bonchev–Trinajstić information content (AvgIpc) is 2.30. The summed E-state index contributed by atoms with van der Waals surface area (Å²) in [4.78, 5) is 13.3. The van der Waals surface area contributed by atoms with Crippen LogP contribution in [0.3, 0.4) is 0 Å². The van der Waals surface area contributed by atoms with Crippen molar-refractivity contribution in [2.75, 3.05) is 0 Å². The molecule has 0 saturated carbocycles. The minimum Gasteiger partial charge on any atom is -0.266 e. The number of nitrogens with zero attached hydrogens (tertiary/aromatic N) is 2. The molecule has 0 aliphatic rings. The van der Waals surface area contributed by atoms with Gasteiger partial charge < -0.3 is 0 Å². The lowest BCUT2D eigenvalue weighted by molar-refractivity contribution is 0.696. The molecular weight excluding hydrogens is 256 g/mol. The van der Waals surface area contributed by atoms with E-state index in [1.165, 1.54) is 22.0 Å². The van der Waals surface area contributed by atoms with E-state index in [-0.39, 0.29) is 10.6 Å². The van der Waals surface area contributed by atoms with Gasteiger partial charge in [-0.25, -0.2) is 4.68 Å². The van der Waals surface area contributed by atoms with E-state index in [0.717, 1.165) is 4.90 Å². The first-order valence-corrected chi connectivity index (χ1v) is 6.23. The summed E-state index contributed by atoms with van der Waals surface area (Å²) in [6.07, 6.45) is 1.61. The van der Waals surface area contributed by atoms with Crippen LogP contribution in [0.2, 0.25) is 5.02 Å². The molecule has 1 heterocycles. The van der Waals surface area contributed by atoms with Crippen LogP contribution in [0.4, 0.5) is 0 Å². The number of benzene rings is 1. The molecule has 0 saturated heterocycles. The molecule has 0 amide bonds. The first-order valence-electron chi connectivity index (χ1n) is 5.04. The number of hydrogen-bond acceptors (Lipinski definition) is 3. The van der Waals surface area contributed by atoms with Crippen molar-refractivity contribution in [3.05, 3.63) is 51.4 Å². The molecule has 0 bridgehead atoms. The van der Waals surface area contributed by atoms with Crippen LogP contribution in [0.5, 0.6) is 0 Å². The average molecular weight is 267 g/mol. The number of rotatable bonds is 2. The monoisotopic (exact) mass is 266 g/mol. The van der Waals surface area contributed by atoms with Gasteiger partial charge in [0, 0.05) is 11.9 Å². The van der Waals surface area contributed by atoms with Crippen LogP contribution in [0.25, 0.3) is 0 Å². The predicted molar refractivity (Wildman–Crippen MR) is 69.8 cm³/mol. The number of aryl methyl sites for hydroxylation is 2. The Morgan fingerprint density at radius 1 is 1.41 bits per heavy atom. The van der Waals surface area contributed by atoms with Crippen molar-refractivity contribution in [3.8, 4) is 0 Å². The Morgan fingerprint density at radius 3 is 2.88 bits per heavy atom. The topological polar surface area (TPSA) is 34.9 Å². The number of halogens is 1. The highest BCUT2D eigenvalue weighted by molar-refractivity contribution is 7.99. The molecule has 1 aromatic heterocycles. The molecule has 0 unspecified atom stereocenters. The van der Waals surface area contributed by atoms with Crippen LogP contribution in [0.15, 0.2) is 45.0 Å². The van der Waals surface area contributed by atoms with E-state index in [2.05, 4.69) is 5.10 Å². The highest BCUT2D eigenvalue weighted by Gasteiger charge is 2.08. The second-order valence-electron chi connectivity index (χ2n) is 3.67. The normalized spacial score (nSPS) is 10.5. The lowest BCUT2D eigenvalue weighted by Gasteiger charge is -2.05. The Hall–Kier alpha value is -1.26. The van der Waals surface area contributed by atoms with Gasteiger partial charge in [0.1, 0.15) is 5.02 Å². The van der Waals surface area contributed by atoms with Crippen molar-refractivity contribution in [1.82, 2.24) is 9.78 Å². The van der Waals surface area contributed by atoms with Crippen molar-refractivity contribution in [1.29, 1.82) is 0 Å². The zero-order valence-electron chi connectivity index (χ0n) is 9.48. The van der Waals surface area contributed by atoms with Crippen LogP contribution in [0.1, 0.15) is 5.56 Å². The van der Waals surface area contributed by atoms with Gasteiger partial charge >= 0.3 is 0 Å². The third kappa shape index (κ3) is 2.70. The van der Waals surface area contributed by atoms with E-state index in [9.17, 15) is 4.79 Å². The molecule has 0 spiro atoms. The molecule has 2 rings (SSSR count). The highest BCUT2D eigenvalue weighted by atomic mass is 35.5. The molecule has 3 nitrogen and oxygen atoms in total. The Bertz CT molecular complexity index is 610. The lowest BCUT2D eigenvalue weighted by atomic mass is 10.2. The van der Waals surface area contributed by atoms with Gasteiger partial charge in [0.2, 0.25) is 0 Å². The van der Waals surface area contributed by atoms with Crippen LogP contribution in [-0.2, 0) is 7.05 Å². The quantitative estimate of drug-likeness (QED) is 0.838. The third-order valence-electron chi connectivity index (χ3n) is 2.26. The van der Waals surface area contributed by atoms with Crippen molar-refractivity contribution < 1.29 is 0 Å². The summed E-state index contributed by atoms with van der Waals surface area (Å²) in [7, 11) is 1.58. The molecule has 0 aliphatic carbocycles. The summed E-state index contributed by atoms with van der Waals surface area (Å²) in [5.74, 6) is 0. The molecule has 17 heavy (non-hydrogen) atoms. The summed E-state index contributed by atoms with van der Waals surface area (Å²) in [6, 6.07) is 8.01. The molecular formula is C12H11ClN2OS. The van der Waals surface area contributed by atoms with Gasteiger partial charge in [-0.05, 0) is 19.1 Å². The molecule has 88 valence electrons. The molecule has 0 radical (unpaired) electrons. The molecule has 0 aliphatic heterocycles. The standard InChI is InChI=1S/C12H11ClN2OS/c1-8-4-3-5-9(6-8)17-10-7-14-15(2)12(16)11(10)13/h3-7H,1-2H3. The van der Waals surface area contributed by atoms with Crippen molar-refractivity contribution in [2.45, 2.75) is 16.7 Å². The summed E-state index contributed by atoms with van der Waals surface area (Å²) in [5, 5.41) is 4.17. The van der Waals surface area contributed by atoms with Gasteiger partial charge in [-0.3, -0.25) is 4.79 Å². The largest absolute Gasteiger partial charge is 0.286 e. The fraction of sp³-hybridized carbons (Fsp3) is 0.167. The van der Waals surface area contributed by atoms with E-state index >= 15 is 0 Å². The fourth-order valence-electron chi connectivity index (χ4n) is 1.37. The minimum atomic E-state index is -0.274. The Balaban J connectivity index is 2.37. The molecule has 0 fully saturated rings. The van der Waals surface area contributed by atoms with Gasteiger partial charge in [0.25, 0.3) is 5.56 Å². The third-order valence-corrected chi connectivity index (χ3v) is 3.76. The van der Waals surface area contributed by atoms with E-state index in [0.29, 0.717) is 4.90 Å². The predicted octanol–water partition coefficient (Wildman–Crippen LogP) is 2.89. The first kappa shape index (κ1) is 12.2. The van der Waals surface area contributed by atoms with Crippen molar-refractivity contribution in [3.63, 3.8) is 0 Å². The smallest absolute Gasteiger partial charge is 0.266 e. The summed E-state index contributed by atoms with van der Waals surface area (Å²) < 4.78 is 1.22. The zero-order chi connectivity index (χ0) is 12.4. The van der Waals surface area contributed by atoms with Gasteiger partial charge in [-0.15, -0.1) is 0 Å². The Labute approximate surface area is 108 Å². The SMILES string of the molecule is Cc1cccc(Sc2cnn(C)c(=O)c2Cl)c1. The van der Waals surface area contributed by atoms with Crippen LogP contribution in [-0.4, -0.2) is 9.78 Å². The molecule has 2 aromatic rings. The maximum absolute atomic E-state index is 11.6. The van der Waals surface area contributed by atoms with Gasteiger partial charge in [-0.1, -0.05) is 41.1 Å². The van der Waals surface area contributed by atoms with Crippen molar-refractivity contribution in [2.24, 2.45) is 7.05 Å². The van der Waals surface area contributed by atoms with E-state index < -0.39 is 0 Å².